The van der Waals surface area contributed by atoms with Crippen LogP contribution in [0.3, 0.4) is 0 Å². The Balaban J connectivity index is 1.61. The van der Waals surface area contributed by atoms with Gasteiger partial charge in [0.2, 0.25) is 5.13 Å². The molecule has 0 amide bonds. The molecular weight excluding hydrogens is 463 g/mol. The molecule has 1 aliphatic rings. The SMILES string of the molecule is O=C(O)/C(Cc1ccccc1[N+](=O)[O-])=N\Nc1nc2c(s1)CCc1cc(Cl)c(Cl)cc1-2. The molecule has 3 aromatic rings. The molecule has 8 nitrogen and oxygen atoms in total. The minimum Gasteiger partial charge on any atom is -0.477 e. The first-order chi connectivity index (χ1) is 14.8. The van der Waals surface area contributed by atoms with Crippen LogP contribution in [-0.2, 0) is 24.1 Å². The minimum atomic E-state index is -1.28. The zero-order valence-electron chi connectivity index (χ0n) is 15.8. The van der Waals surface area contributed by atoms with E-state index in [2.05, 4.69) is 15.5 Å². The maximum Gasteiger partial charge on any atom is 0.352 e. The number of aliphatic carboxylic acids is 1. The Morgan fingerprint density at radius 1 is 1.26 bits per heavy atom. The fourth-order valence-corrected chi connectivity index (χ4v) is 4.61. The highest BCUT2D eigenvalue weighted by molar-refractivity contribution is 7.16. The summed E-state index contributed by atoms with van der Waals surface area (Å²) in [5.74, 6) is -1.28. The molecule has 4 rings (SSSR count). The van der Waals surface area contributed by atoms with Crippen molar-refractivity contribution in [2.45, 2.75) is 19.3 Å². The molecule has 1 aromatic heterocycles. The van der Waals surface area contributed by atoms with Gasteiger partial charge in [-0.05, 0) is 30.5 Å². The van der Waals surface area contributed by atoms with E-state index in [1.165, 1.54) is 29.5 Å². The summed E-state index contributed by atoms with van der Waals surface area (Å²) < 4.78 is 0. The number of halogens is 2. The number of aromatic nitrogens is 1. The van der Waals surface area contributed by atoms with Crippen molar-refractivity contribution in [1.82, 2.24) is 4.98 Å². The van der Waals surface area contributed by atoms with Crippen molar-refractivity contribution in [2.24, 2.45) is 5.10 Å². The number of fused-ring (bicyclic) bond motifs is 3. The van der Waals surface area contributed by atoms with Gasteiger partial charge < -0.3 is 5.11 Å². The van der Waals surface area contributed by atoms with Gasteiger partial charge in [-0.15, -0.1) is 0 Å². The number of hydrogen-bond acceptors (Lipinski definition) is 7. The maximum atomic E-state index is 11.6. The van der Waals surface area contributed by atoms with Crippen molar-refractivity contribution in [3.8, 4) is 11.3 Å². The molecule has 158 valence electrons. The minimum absolute atomic E-state index is 0.159. The van der Waals surface area contributed by atoms with Gasteiger partial charge in [-0.2, -0.15) is 5.10 Å². The Hall–Kier alpha value is -3.01. The molecule has 0 saturated heterocycles. The topological polar surface area (TPSA) is 118 Å². The lowest BCUT2D eigenvalue weighted by atomic mass is 9.93. The van der Waals surface area contributed by atoms with Crippen LogP contribution >= 0.6 is 34.5 Å². The second-order valence-corrected chi connectivity index (χ2v) is 8.65. The fraction of sp³-hybridized carbons (Fsp3) is 0.150. The van der Waals surface area contributed by atoms with Crippen molar-refractivity contribution >= 4 is 57.0 Å². The summed E-state index contributed by atoms with van der Waals surface area (Å²) >= 11 is 13.6. The van der Waals surface area contributed by atoms with E-state index in [0.29, 0.717) is 15.2 Å². The predicted octanol–water partition coefficient (Wildman–Crippen LogP) is 5.22. The lowest BCUT2D eigenvalue weighted by molar-refractivity contribution is -0.385. The van der Waals surface area contributed by atoms with E-state index in [0.717, 1.165) is 34.5 Å². The summed E-state index contributed by atoms with van der Waals surface area (Å²) in [6.07, 6.45) is 1.36. The number of nitro groups is 1. The monoisotopic (exact) mass is 476 g/mol. The first-order valence-electron chi connectivity index (χ1n) is 9.09. The highest BCUT2D eigenvalue weighted by Crippen LogP contribution is 2.41. The molecule has 0 unspecified atom stereocenters. The molecule has 0 fully saturated rings. The quantitative estimate of drug-likeness (QED) is 0.286. The normalized spacial score (nSPS) is 12.8. The van der Waals surface area contributed by atoms with E-state index in [1.54, 1.807) is 12.1 Å². The smallest absolute Gasteiger partial charge is 0.352 e. The van der Waals surface area contributed by atoms with Gasteiger partial charge in [0.1, 0.15) is 5.71 Å². The van der Waals surface area contributed by atoms with Crippen LogP contribution in [0.15, 0.2) is 41.5 Å². The average molecular weight is 477 g/mol. The van der Waals surface area contributed by atoms with Crippen LogP contribution in [0.2, 0.25) is 10.0 Å². The molecule has 2 aromatic carbocycles. The third kappa shape index (κ3) is 4.39. The van der Waals surface area contributed by atoms with Crippen LogP contribution in [0.4, 0.5) is 10.8 Å². The number of nitrogens with one attached hydrogen (secondary N) is 1. The number of nitro benzene ring substituents is 1. The zero-order valence-corrected chi connectivity index (χ0v) is 18.1. The van der Waals surface area contributed by atoms with Gasteiger partial charge >= 0.3 is 5.97 Å². The van der Waals surface area contributed by atoms with E-state index in [4.69, 9.17) is 23.2 Å². The van der Waals surface area contributed by atoms with Crippen molar-refractivity contribution < 1.29 is 14.8 Å². The molecule has 1 heterocycles. The van der Waals surface area contributed by atoms with Crippen LogP contribution in [0.25, 0.3) is 11.3 Å². The Morgan fingerprint density at radius 2 is 2.00 bits per heavy atom. The van der Waals surface area contributed by atoms with E-state index in [-0.39, 0.29) is 23.4 Å². The summed E-state index contributed by atoms with van der Waals surface area (Å²) in [6.45, 7) is 0. The van der Waals surface area contributed by atoms with Crippen molar-refractivity contribution in [2.75, 3.05) is 5.43 Å². The van der Waals surface area contributed by atoms with Gasteiger partial charge in [0.05, 0.1) is 20.7 Å². The van der Waals surface area contributed by atoms with Crippen LogP contribution in [-0.4, -0.2) is 26.7 Å². The fourth-order valence-electron chi connectivity index (χ4n) is 3.34. The highest BCUT2D eigenvalue weighted by atomic mass is 35.5. The van der Waals surface area contributed by atoms with E-state index in [9.17, 15) is 20.0 Å². The Morgan fingerprint density at radius 3 is 2.74 bits per heavy atom. The van der Waals surface area contributed by atoms with E-state index in [1.807, 2.05) is 6.07 Å². The van der Waals surface area contributed by atoms with Crippen molar-refractivity contribution in [3.63, 3.8) is 0 Å². The number of carboxylic acids is 1. The first-order valence-corrected chi connectivity index (χ1v) is 10.7. The molecular formula is C20H14Cl2N4O4S. The molecule has 11 heteroatoms. The van der Waals surface area contributed by atoms with Gasteiger partial charge in [-0.25, -0.2) is 9.78 Å². The number of nitrogens with zero attached hydrogens (tertiary/aromatic N) is 3. The summed E-state index contributed by atoms with van der Waals surface area (Å²) in [5.41, 5.74) is 5.23. The van der Waals surface area contributed by atoms with Crippen LogP contribution in [0.1, 0.15) is 16.0 Å². The summed E-state index contributed by atoms with van der Waals surface area (Å²) in [7, 11) is 0. The number of carbonyl (C=O) groups is 1. The molecule has 0 saturated carbocycles. The number of hydrazone groups is 1. The van der Waals surface area contributed by atoms with Gasteiger partial charge in [0.25, 0.3) is 5.69 Å². The number of thiazole rings is 1. The third-order valence-electron chi connectivity index (χ3n) is 4.80. The molecule has 1 aliphatic carbocycles. The number of para-hydroxylation sites is 1. The third-order valence-corrected chi connectivity index (χ3v) is 6.54. The van der Waals surface area contributed by atoms with Crippen LogP contribution < -0.4 is 5.43 Å². The Kier molecular flexibility index (Phi) is 5.90. The average Bonchev–Trinajstić information content (AvgIpc) is 3.15. The second kappa shape index (κ2) is 8.62. The number of hydrogen-bond donors (Lipinski definition) is 2. The van der Waals surface area contributed by atoms with Crippen molar-refractivity contribution in [1.29, 1.82) is 0 Å². The lowest BCUT2D eigenvalue weighted by Gasteiger charge is -2.15. The van der Waals surface area contributed by atoms with Crippen LogP contribution in [0.5, 0.6) is 0 Å². The number of carboxylic acid groups (broad SMARTS) is 1. The van der Waals surface area contributed by atoms with E-state index < -0.39 is 10.9 Å². The van der Waals surface area contributed by atoms with Crippen LogP contribution in [0, 0.1) is 10.1 Å². The second-order valence-electron chi connectivity index (χ2n) is 6.75. The van der Waals surface area contributed by atoms with Gasteiger partial charge in [-0.3, -0.25) is 15.5 Å². The molecule has 2 N–H and O–H groups in total. The van der Waals surface area contributed by atoms with Gasteiger partial charge in [0.15, 0.2) is 0 Å². The standard InChI is InChI=1S/C20H14Cl2N4O4S/c21-13-7-10-5-6-17-18(12(10)9-14(13)22)23-20(31-17)25-24-15(19(27)28)8-11-3-1-2-4-16(11)26(29)30/h1-4,7,9H,5-6,8H2,(H,23,25)(H,27,28)/b24-15-. The number of anilines is 1. The van der Waals surface area contributed by atoms with Gasteiger partial charge in [0, 0.05) is 28.5 Å². The van der Waals surface area contributed by atoms with Gasteiger partial charge in [-0.1, -0.05) is 52.7 Å². The summed E-state index contributed by atoms with van der Waals surface area (Å²) in [6, 6.07) is 9.58. The first kappa shape index (κ1) is 21.2. The lowest BCUT2D eigenvalue weighted by Crippen LogP contribution is -2.18. The highest BCUT2D eigenvalue weighted by Gasteiger charge is 2.23. The van der Waals surface area contributed by atoms with E-state index >= 15 is 0 Å². The number of benzene rings is 2. The summed E-state index contributed by atoms with van der Waals surface area (Å²) in [5, 5.41) is 26.0. The molecule has 0 bridgehead atoms. The summed E-state index contributed by atoms with van der Waals surface area (Å²) in [4.78, 5) is 27.9. The predicted molar refractivity (Wildman–Crippen MR) is 120 cm³/mol. The largest absolute Gasteiger partial charge is 0.477 e. The molecule has 0 radical (unpaired) electrons. The molecule has 0 spiro atoms. The molecule has 0 atom stereocenters. The Labute approximate surface area is 190 Å². The Bertz CT molecular complexity index is 1240. The van der Waals surface area contributed by atoms with Crippen molar-refractivity contribution in [3.05, 3.63) is 72.6 Å². The maximum absolute atomic E-state index is 11.6. The molecule has 31 heavy (non-hydrogen) atoms. The number of aryl methyl sites for hydroxylation is 2. The molecule has 0 aliphatic heterocycles. The number of rotatable bonds is 6. The zero-order chi connectivity index (χ0) is 22.1.